The Morgan fingerprint density at radius 1 is 1.24 bits per heavy atom. The molecule has 0 aromatic heterocycles. The van der Waals surface area contributed by atoms with Crippen LogP contribution >= 0.6 is 0 Å². The number of nitrogens with two attached hydrogens (primary N) is 1. The van der Waals surface area contributed by atoms with Crippen LogP contribution < -0.4 is 5.73 Å². The first kappa shape index (κ1) is 26.5. The summed E-state index contributed by atoms with van der Waals surface area (Å²) in [4.78, 5) is 38.1. The molecule has 0 radical (unpaired) electrons. The monoisotopic (exact) mass is 509 g/mol. The Hall–Kier alpha value is -3.61. The fraction of sp³-hybridized carbons (Fsp3) is 0.464. The number of aromatic hydroxyl groups is 1. The molecule has 0 bridgehead atoms. The molecule has 0 aliphatic heterocycles. The molecule has 0 spiro atoms. The van der Waals surface area contributed by atoms with Crippen LogP contribution in [0.2, 0.25) is 0 Å². The van der Waals surface area contributed by atoms with Gasteiger partial charge in [0.05, 0.1) is 11.7 Å². The first-order chi connectivity index (χ1) is 17.2. The molecule has 1 fully saturated rings. The predicted octanol–water partition coefficient (Wildman–Crippen LogP) is 2.04. The van der Waals surface area contributed by atoms with E-state index in [2.05, 4.69) is 5.92 Å². The first-order valence-corrected chi connectivity index (χ1v) is 12.2. The number of phenolic OH excluding ortho intramolecular Hbond substituents is 1. The Kier molecular flexibility index (Phi) is 6.26. The van der Waals surface area contributed by atoms with Crippen molar-refractivity contribution in [1.29, 1.82) is 0 Å². The lowest BCUT2D eigenvalue weighted by atomic mass is 9.55. The minimum Gasteiger partial charge on any atom is -0.508 e. The summed E-state index contributed by atoms with van der Waals surface area (Å²) >= 11 is 0. The molecule has 0 heterocycles. The van der Waals surface area contributed by atoms with Gasteiger partial charge in [0.15, 0.2) is 11.4 Å². The highest BCUT2D eigenvalue weighted by Gasteiger charge is 2.64. The van der Waals surface area contributed by atoms with Gasteiger partial charge in [-0.15, -0.1) is 12.3 Å². The molecule has 4 rings (SSSR count). The number of Topliss-reactive ketones (excluding diaryl/α,β-unsaturated/α-hetero) is 2. The number of ketones is 2. The second kappa shape index (κ2) is 8.75. The number of amides is 1. The Morgan fingerprint density at radius 2 is 1.89 bits per heavy atom. The van der Waals surface area contributed by atoms with Gasteiger partial charge in [0, 0.05) is 35.8 Å². The lowest BCUT2D eigenvalue weighted by Gasteiger charge is -2.50. The number of hydrogen-bond acceptors (Lipinski definition) is 8. The zero-order valence-corrected chi connectivity index (χ0v) is 20.9. The van der Waals surface area contributed by atoms with Crippen LogP contribution in [0.3, 0.4) is 0 Å². The van der Waals surface area contributed by atoms with Gasteiger partial charge in [-0.25, -0.2) is 0 Å². The number of terminal acetylenes is 1. The van der Waals surface area contributed by atoms with Crippen molar-refractivity contribution in [2.45, 2.75) is 69.5 Å². The molecule has 5 unspecified atom stereocenters. The maximum absolute atomic E-state index is 13.7. The third-order valence-corrected chi connectivity index (χ3v) is 8.35. The molecule has 0 saturated heterocycles. The van der Waals surface area contributed by atoms with Crippen molar-refractivity contribution >= 4 is 23.2 Å². The average molecular weight is 510 g/mol. The van der Waals surface area contributed by atoms with Crippen molar-refractivity contribution < 1.29 is 39.9 Å². The summed E-state index contributed by atoms with van der Waals surface area (Å²) in [5.41, 5.74) is 1.49. The van der Waals surface area contributed by atoms with E-state index in [1.165, 1.54) is 0 Å². The maximum atomic E-state index is 13.7. The Labute approximate surface area is 214 Å². The van der Waals surface area contributed by atoms with Gasteiger partial charge in [-0.05, 0) is 29.7 Å². The number of aliphatic hydroxyl groups excluding tert-OH is 3. The summed E-state index contributed by atoms with van der Waals surface area (Å²) in [7, 11) is 0. The molecule has 1 amide bonds. The topological polar surface area (TPSA) is 178 Å². The minimum atomic E-state index is -2.85. The number of phenols is 1. The smallest absolute Gasteiger partial charge is 0.255 e. The summed E-state index contributed by atoms with van der Waals surface area (Å²) in [5, 5.41) is 56.1. The molecule has 37 heavy (non-hydrogen) atoms. The van der Waals surface area contributed by atoms with Crippen molar-refractivity contribution in [2.75, 3.05) is 0 Å². The Morgan fingerprint density at radius 3 is 2.49 bits per heavy atom. The van der Waals surface area contributed by atoms with Gasteiger partial charge in [0.25, 0.3) is 5.91 Å². The second-order valence-corrected chi connectivity index (χ2v) is 10.9. The highest BCUT2D eigenvalue weighted by molar-refractivity contribution is 6.23. The predicted molar refractivity (Wildman–Crippen MR) is 133 cm³/mol. The SMILES string of the molecule is C#CCCCC(C)(C)c1ccc2c(c1O)C(O)=C1C(=O)C3(O)C(O)=C(C(N)=O)C(=O)CC3C(O)C1C2C. The van der Waals surface area contributed by atoms with Crippen LogP contribution in [0.15, 0.2) is 29.0 Å². The van der Waals surface area contributed by atoms with Gasteiger partial charge in [-0.3, -0.25) is 14.4 Å². The van der Waals surface area contributed by atoms with E-state index in [1.807, 2.05) is 13.8 Å². The molecule has 1 aromatic rings. The number of primary amides is 1. The molecular formula is C28H31NO8. The number of aliphatic hydroxyl groups is 4. The minimum absolute atomic E-state index is 0.00523. The zero-order valence-electron chi connectivity index (χ0n) is 20.9. The summed E-state index contributed by atoms with van der Waals surface area (Å²) < 4.78 is 0. The van der Waals surface area contributed by atoms with Crippen molar-refractivity contribution in [3.8, 4) is 18.1 Å². The van der Waals surface area contributed by atoms with Gasteiger partial charge in [0.1, 0.15) is 22.8 Å². The molecule has 5 atom stereocenters. The van der Waals surface area contributed by atoms with E-state index in [1.54, 1.807) is 19.1 Å². The molecule has 3 aliphatic carbocycles. The number of benzene rings is 1. The third kappa shape index (κ3) is 3.58. The van der Waals surface area contributed by atoms with Crippen LogP contribution in [0, 0.1) is 24.2 Å². The van der Waals surface area contributed by atoms with E-state index >= 15 is 0 Å². The van der Waals surface area contributed by atoms with Crippen LogP contribution in [0.5, 0.6) is 5.75 Å². The average Bonchev–Trinajstić information content (AvgIpc) is 2.81. The second-order valence-electron chi connectivity index (χ2n) is 10.9. The lowest BCUT2D eigenvalue weighted by molar-refractivity contribution is -0.160. The standard InChI is InChI=1S/C28H31NO8/c1-5-6-7-10-27(3,4)14-9-8-13-12(2)17-20(23(33)18(13)21(14)31)25(35)28(37)15(22(17)32)11-16(30)19(24(28)34)26(29)36/h1,8-9,12,15,17,22,31-34,37H,6-7,10-11H2,2-4H3,(H2,29,36). The third-order valence-electron chi connectivity index (χ3n) is 8.35. The van der Waals surface area contributed by atoms with Crippen LogP contribution in [0.1, 0.15) is 69.1 Å². The van der Waals surface area contributed by atoms with Crippen LogP contribution in [0.25, 0.3) is 5.76 Å². The molecule has 9 heteroatoms. The van der Waals surface area contributed by atoms with Gasteiger partial charge in [-0.2, -0.15) is 0 Å². The van der Waals surface area contributed by atoms with Crippen LogP contribution in [-0.4, -0.2) is 54.7 Å². The number of hydrogen-bond donors (Lipinski definition) is 6. The van der Waals surface area contributed by atoms with E-state index < -0.39 is 81.4 Å². The summed E-state index contributed by atoms with van der Waals surface area (Å²) in [6, 6.07) is 3.46. The molecule has 3 aliphatic rings. The summed E-state index contributed by atoms with van der Waals surface area (Å²) in [5.74, 6) is -6.06. The number of carbonyl (C=O) groups is 3. The van der Waals surface area contributed by atoms with Gasteiger partial charge in [-0.1, -0.05) is 32.9 Å². The Balaban J connectivity index is 1.93. The molecule has 1 aromatic carbocycles. The molecule has 1 saturated carbocycles. The molecular weight excluding hydrogens is 478 g/mol. The van der Waals surface area contributed by atoms with Crippen LogP contribution in [-0.2, 0) is 19.8 Å². The summed E-state index contributed by atoms with van der Waals surface area (Å²) in [6.07, 6.45) is 5.11. The van der Waals surface area contributed by atoms with Crippen molar-refractivity contribution in [1.82, 2.24) is 0 Å². The van der Waals surface area contributed by atoms with Gasteiger partial charge in [0.2, 0.25) is 5.78 Å². The Bertz CT molecular complexity index is 1330. The fourth-order valence-corrected chi connectivity index (χ4v) is 6.31. The van der Waals surface area contributed by atoms with E-state index in [0.717, 1.165) is 0 Å². The van der Waals surface area contributed by atoms with Crippen molar-refractivity contribution in [3.05, 3.63) is 45.7 Å². The van der Waals surface area contributed by atoms with E-state index in [9.17, 15) is 39.9 Å². The largest absolute Gasteiger partial charge is 0.508 e. The lowest BCUT2D eigenvalue weighted by Crippen LogP contribution is -2.63. The highest BCUT2D eigenvalue weighted by atomic mass is 16.4. The van der Waals surface area contributed by atoms with Crippen molar-refractivity contribution in [3.63, 3.8) is 0 Å². The molecule has 196 valence electrons. The number of carbonyl (C=O) groups excluding carboxylic acids is 3. The molecule has 9 nitrogen and oxygen atoms in total. The number of fused-ring (bicyclic) bond motifs is 3. The zero-order chi connectivity index (χ0) is 27.6. The highest BCUT2D eigenvalue weighted by Crippen LogP contribution is 2.56. The quantitative estimate of drug-likeness (QED) is 0.198. The summed E-state index contributed by atoms with van der Waals surface area (Å²) in [6.45, 7) is 5.53. The van der Waals surface area contributed by atoms with E-state index in [4.69, 9.17) is 12.2 Å². The van der Waals surface area contributed by atoms with Crippen LogP contribution in [0.4, 0.5) is 0 Å². The van der Waals surface area contributed by atoms with Gasteiger partial charge < -0.3 is 31.3 Å². The normalized spacial score (nSPS) is 29.4. The first-order valence-electron chi connectivity index (χ1n) is 12.2. The number of rotatable bonds is 5. The fourth-order valence-electron chi connectivity index (χ4n) is 6.31. The molecule has 7 N–H and O–H groups in total. The van der Waals surface area contributed by atoms with E-state index in [0.29, 0.717) is 30.4 Å². The number of unbranched alkanes of at least 4 members (excludes halogenated alkanes) is 1. The van der Waals surface area contributed by atoms with Crippen molar-refractivity contribution in [2.24, 2.45) is 17.6 Å². The maximum Gasteiger partial charge on any atom is 0.255 e. The van der Waals surface area contributed by atoms with E-state index in [-0.39, 0.29) is 11.3 Å². The van der Waals surface area contributed by atoms with Gasteiger partial charge >= 0.3 is 0 Å².